The number of hydrogen-bond acceptors (Lipinski definition) is 3. The molecule has 0 saturated heterocycles. The highest BCUT2D eigenvalue weighted by Crippen LogP contribution is 2.26. The SMILES string of the molecule is CCCCCCCCC(=O)C=CCCCc1ccc(OC)c(O)c1. The monoisotopic (exact) mass is 332 g/mol. The van der Waals surface area contributed by atoms with Crippen molar-refractivity contribution in [2.24, 2.45) is 0 Å². The van der Waals surface area contributed by atoms with Gasteiger partial charge in [0.25, 0.3) is 0 Å². The maximum Gasteiger partial charge on any atom is 0.160 e. The lowest BCUT2D eigenvalue weighted by Crippen LogP contribution is -1.92. The fourth-order valence-corrected chi connectivity index (χ4v) is 2.69. The van der Waals surface area contributed by atoms with E-state index in [-0.39, 0.29) is 11.5 Å². The van der Waals surface area contributed by atoms with Gasteiger partial charge in [0.15, 0.2) is 17.3 Å². The Bertz CT molecular complexity index is 506. The number of methoxy groups -OCH3 is 1. The first kappa shape index (κ1) is 20.3. The van der Waals surface area contributed by atoms with E-state index in [9.17, 15) is 9.90 Å². The molecule has 0 heterocycles. The summed E-state index contributed by atoms with van der Waals surface area (Å²) in [6.45, 7) is 2.21. The van der Waals surface area contributed by atoms with Crippen LogP contribution >= 0.6 is 0 Å². The van der Waals surface area contributed by atoms with Crippen LogP contribution in [0.15, 0.2) is 30.4 Å². The number of phenolic OH excluding ortho intramolecular Hbond substituents is 1. The molecule has 0 fully saturated rings. The molecule has 0 aliphatic carbocycles. The second-order valence-corrected chi connectivity index (χ2v) is 6.28. The van der Waals surface area contributed by atoms with Gasteiger partial charge in [-0.25, -0.2) is 0 Å². The van der Waals surface area contributed by atoms with Gasteiger partial charge >= 0.3 is 0 Å². The first-order valence-corrected chi connectivity index (χ1v) is 9.22. The van der Waals surface area contributed by atoms with Gasteiger partial charge in [-0.15, -0.1) is 0 Å². The average molecular weight is 332 g/mol. The number of phenols is 1. The van der Waals surface area contributed by atoms with Gasteiger partial charge in [0.2, 0.25) is 0 Å². The third kappa shape index (κ3) is 8.76. The van der Waals surface area contributed by atoms with E-state index < -0.39 is 0 Å². The maximum atomic E-state index is 11.7. The summed E-state index contributed by atoms with van der Waals surface area (Å²) in [5.41, 5.74) is 1.08. The topological polar surface area (TPSA) is 46.5 Å². The van der Waals surface area contributed by atoms with Gasteiger partial charge in [0, 0.05) is 6.42 Å². The van der Waals surface area contributed by atoms with Gasteiger partial charge in [0.1, 0.15) is 0 Å². The Morgan fingerprint density at radius 3 is 2.58 bits per heavy atom. The minimum absolute atomic E-state index is 0.180. The molecule has 3 heteroatoms. The Morgan fingerprint density at radius 1 is 1.12 bits per heavy atom. The van der Waals surface area contributed by atoms with Crippen LogP contribution in [-0.2, 0) is 11.2 Å². The molecule has 0 aromatic heterocycles. The van der Waals surface area contributed by atoms with E-state index in [4.69, 9.17) is 4.74 Å². The highest BCUT2D eigenvalue weighted by atomic mass is 16.5. The summed E-state index contributed by atoms with van der Waals surface area (Å²) in [4.78, 5) is 11.7. The van der Waals surface area contributed by atoms with E-state index in [1.54, 1.807) is 25.3 Å². The standard InChI is InChI=1S/C21H32O3/c1-3-4-5-6-7-10-13-19(22)14-11-8-9-12-18-15-16-21(24-2)20(23)17-18/h11,14-17,23H,3-10,12-13H2,1-2H3. The van der Waals surface area contributed by atoms with Crippen LogP contribution in [0.1, 0.15) is 70.3 Å². The smallest absolute Gasteiger partial charge is 0.160 e. The van der Waals surface area contributed by atoms with E-state index in [0.29, 0.717) is 12.2 Å². The zero-order chi connectivity index (χ0) is 17.6. The molecule has 134 valence electrons. The highest BCUT2D eigenvalue weighted by molar-refractivity contribution is 5.89. The fourth-order valence-electron chi connectivity index (χ4n) is 2.69. The lowest BCUT2D eigenvalue weighted by atomic mass is 10.1. The van der Waals surface area contributed by atoms with Crippen molar-refractivity contribution in [1.82, 2.24) is 0 Å². The van der Waals surface area contributed by atoms with E-state index >= 15 is 0 Å². The van der Waals surface area contributed by atoms with Crippen LogP contribution in [0.2, 0.25) is 0 Å². The summed E-state index contributed by atoms with van der Waals surface area (Å²) in [6.07, 6.45) is 14.4. The van der Waals surface area contributed by atoms with E-state index in [0.717, 1.165) is 31.2 Å². The van der Waals surface area contributed by atoms with Crippen LogP contribution < -0.4 is 4.74 Å². The molecule has 1 aromatic carbocycles. The van der Waals surface area contributed by atoms with Crippen molar-refractivity contribution in [2.45, 2.75) is 71.1 Å². The molecule has 1 N–H and O–H groups in total. The first-order valence-electron chi connectivity index (χ1n) is 9.22. The molecule has 0 aliphatic rings. The third-order valence-electron chi connectivity index (χ3n) is 4.16. The highest BCUT2D eigenvalue weighted by Gasteiger charge is 2.02. The molecule has 0 amide bonds. The van der Waals surface area contributed by atoms with Crippen molar-refractivity contribution in [3.05, 3.63) is 35.9 Å². The molecule has 0 aliphatic heterocycles. The molecule has 0 saturated carbocycles. The Morgan fingerprint density at radius 2 is 1.88 bits per heavy atom. The van der Waals surface area contributed by atoms with Crippen molar-refractivity contribution < 1.29 is 14.6 Å². The van der Waals surface area contributed by atoms with E-state index in [2.05, 4.69) is 6.92 Å². The van der Waals surface area contributed by atoms with E-state index in [1.807, 2.05) is 12.1 Å². The number of ketones is 1. The van der Waals surface area contributed by atoms with Crippen LogP contribution in [-0.4, -0.2) is 18.0 Å². The molecule has 0 bridgehead atoms. The van der Waals surface area contributed by atoms with Gasteiger partial charge in [-0.2, -0.15) is 0 Å². The molecule has 0 spiro atoms. The lowest BCUT2D eigenvalue weighted by Gasteiger charge is -2.05. The van der Waals surface area contributed by atoms with Gasteiger partial charge < -0.3 is 9.84 Å². The second-order valence-electron chi connectivity index (χ2n) is 6.28. The number of carbonyl (C=O) groups is 1. The largest absolute Gasteiger partial charge is 0.504 e. The zero-order valence-corrected chi connectivity index (χ0v) is 15.2. The summed E-state index contributed by atoms with van der Waals surface area (Å²) in [5.74, 6) is 0.922. The molecule has 0 unspecified atom stereocenters. The van der Waals surface area contributed by atoms with Gasteiger partial charge in [0.05, 0.1) is 7.11 Å². The quantitative estimate of drug-likeness (QED) is 0.378. The number of aryl methyl sites for hydroxylation is 1. The second kappa shape index (κ2) is 12.6. The minimum Gasteiger partial charge on any atom is -0.504 e. The minimum atomic E-state index is 0.180. The normalized spacial score (nSPS) is 11.1. The Balaban J connectivity index is 2.12. The van der Waals surface area contributed by atoms with Crippen LogP contribution in [0, 0.1) is 0 Å². The summed E-state index contributed by atoms with van der Waals surface area (Å²) in [5, 5.41) is 9.73. The number of benzene rings is 1. The molecule has 1 rings (SSSR count). The molecular formula is C21H32O3. The Labute approximate surface area is 146 Å². The van der Waals surface area contributed by atoms with Crippen LogP contribution in [0.3, 0.4) is 0 Å². The van der Waals surface area contributed by atoms with Crippen molar-refractivity contribution in [3.8, 4) is 11.5 Å². The van der Waals surface area contributed by atoms with Gasteiger partial charge in [-0.3, -0.25) is 4.79 Å². The molecule has 0 atom stereocenters. The number of aromatic hydroxyl groups is 1. The van der Waals surface area contributed by atoms with Crippen LogP contribution in [0.5, 0.6) is 11.5 Å². The summed E-state index contributed by atoms with van der Waals surface area (Å²) in [7, 11) is 1.54. The van der Waals surface area contributed by atoms with Crippen molar-refractivity contribution in [3.63, 3.8) is 0 Å². The third-order valence-corrected chi connectivity index (χ3v) is 4.16. The summed E-state index contributed by atoms with van der Waals surface area (Å²) in [6, 6.07) is 5.49. The number of allylic oxidation sites excluding steroid dienone is 2. The molecule has 0 radical (unpaired) electrons. The van der Waals surface area contributed by atoms with Crippen molar-refractivity contribution in [1.29, 1.82) is 0 Å². The zero-order valence-electron chi connectivity index (χ0n) is 15.2. The van der Waals surface area contributed by atoms with Crippen LogP contribution in [0.4, 0.5) is 0 Å². The Kier molecular flexibility index (Phi) is 10.7. The van der Waals surface area contributed by atoms with Crippen LogP contribution in [0.25, 0.3) is 0 Å². The van der Waals surface area contributed by atoms with E-state index in [1.165, 1.54) is 32.1 Å². The average Bonchev–Trinajstić information content (AvgIpc) is 2.58. The number of unbranched alkanes of at least 4 members (excludes halogenated alkanes) is 6. The van der Waals surface area contributed by atoms with Gasteiger partial charge in [-0.1, -0.05) is 51.2 Å². The van der Waals surface area contributed by atoms with Crippen molar-refractivity contribution >= 4 is 5.78 Å². The molecule has 1 aromatic rings. The van der Waals surface area contributed by atoms with Gasteiger partial charge in [-0.05, 0) is 49.5 Å². The summed E-state index contributed by atoms with van der Waals surface area (Å²) >= 11 is 0. The lowest BCUT2D eigenvalue weighted by molar-refractivity contribution is -0.114. The number of carbonyl (C=O) groups excluding carboxylic acids is 1. The maximum absolute atomic E-state index is 11.7. The Hall–Kier alpha value is -1.77. The molecule has 24 heavy (non-hydrogen) atoms. The number of rotatable bonds is 13. The number of hydrogen-bond donors (Lipinski definition) is 1. The first-order chi connectivity index (χ1) is 11.7. The summed E-state index contributed by atoms with van der Waals surface area (Å²) < 4.78 is 5.03. The molecular weight excluding hydrogens is 300 g/mol. The predicted octanol–water partition coefficient (Wildman–Crippen LogP) is 5.60. The number of ether oxygens (including phenoxy) is 1. The predicted molar refractivity (Wildman–Crippen MR) is 99.7 cm³/mol. The fraction of sp³-hybridized carbons (Fsp3) is 0.571. The van der Waals surface area contributed by atoms with Crippen molar-refractivity contribution in [2.75, 3.05) is 7.11 Å². The molecule has 3 nitrogen and oxygen atoms in total.